The number of rotatable bonds is 4. The average molecular weight is 413 g/mol. The van der Waals surface area contributed by atoms with Gasteiger partial charge in [-0.15, -0.1) is 11.3 Å². The summed E-state index contributed by atoms with van der Waals surface area (Å²) in [5.74, 6) is -0.361. The summed E-state index contributed by atoms with van der Waals surface area (Å²) in [5.41, 5.74) is 3.15. The molecule has 0 bridgehead atoms. The maximum Gasteiger partial charge on any atom is 0.307 e. The van der Waals surface area contributed by atoms with E-state index in [0.717, 1.165) is 33.6 Å². The van der Waals surface area contributed by atoms with E-state index in [1.807, 2.05) is 37.6 Å². The van der Waals surface area contributed by atoms with Gasteiger partial charge in [-0.25, -0.2) is 4.98 Å². The molecule has 0 radical (unpaired) electrons. The predicted octanol–water partition coefficient (Wildman–Crippen LogP) is 3.90. The molecule has 1 aliphatic heterocycles. The minimum absolute atomic E-state index is 0.0826. The van der Waals surface area contributed by atoms with Crippen molar-refractivity contribution in [1.29, 1.82) is 0 Å². The second-order valence-corrected chi connectivity index (χ2v) is 8.62. The van der Waals surface area contributed by atoms with Gasteiger partial charge in [0.2, 0.25) is 5.91 Å². The highest BCUT2D eigenvalue weighted by Gasteiger charge is 2.46. The molecule has 2 aromatic heterocycles. The van der Waals surface area contributed by atoms with Crippen LogP contribution in [0.2, 0.25) is 0 Å². The van der Waals surface area contributed by atoms with Crippen molar-refractivity contribution < 1.29 is 19.1 Å². The lowest BCUT2D eigenvalue weighted by Gasteiger charge is -2.23. The number of esters is 1. The van der Waals surface area contributed by atoms with Crippen molar-refractivity contribution >= 4 is 39.2 Å². The third-order valence-electron chi connectivity index (χ3n) is 5.59. The maximum atomic E-state index is 12.7. The van der Waals surface area contributed by atoms with E-state index in [2.05, 4.69) is 14.9 Å². The lowest BCUT2D eigenvalue weighted by atomic mass is 9.90. The number of hydrogen-bond donors (Lipinski definition) is 1. The Balaban J connectivity index is 1.65. The van der Waals surface area contributed by atoms with E-state index < -0.39 is 11.5 Å². The fourth-order valence-electron chi connectivity index (χ4n) is 3.87. The summed E-state index contributed by atoms with van der Waals surface area (Å²) in [6.45, 7) is 5.55. The monoisotopic (exact) mass is 413 g/mol. The molecule has 4 rings (SSSR count). The summed E-state index contributed by atoms with van der Waals surface area (Å²) in [6, 6.07) is 5.96. The van der Waals surface area contributed by atoms with Crippen LogP contribution in [0.1, 0.15) is 26.0 Å². The van der Waals surface area contributed by atoms with Crippen LogP contribution < -0.4 is 10.1 Å². The topological polar surface area (TPSA) is 82.4 Å². The molecule has 1 fully saturated rings. The zero-order chi connectivity index (χ0) is 20.9. The number of aromatic nitrogens is 2. The van der Waals surface area contributed by atoms with Crippen molar-refractivity contribution in [2.45, 2.75) is 32.8 Å². The number of hydrogen-bond acceptors (Lipinski definition) is 6. The molecule has 1 saturated heterocycles. The molecule has 1 aromatic carbocycles. The standard InChI is InChI=1S/C21H23N3O4S/c1-11-18(13-8-12(27-5)6-7-16(13)24(11)4)15-10-29-20(22-15)23-19(26)14-9-17(25)28-21(14,2)3/h6-8,10,14H,9H2,1-5H3,(H,22,23,26)/t14-/m0/s1. The Morgan fingerprint density at radius 3 is 2.83 bits per heavy atom. The van der Waals surface area contributed by atoms with Crippen LogP contribution in [0, 0.1) is 12.8 Å². The third-order valence-corrected chi connectivity index (χ3v) is 6.35. The number of methoxy groups -OCH3 is 1. The average Bonchev–Trinajstić information content (AvgIpc) is 3.30. The number of nitrogens with one attached hydrogen (secondary N) is 1. The van der Waals surface area contributed by atoms with Crippen LogP contribution in [0.5, 0.6) is 5.75 Å². The largest absolute Gasteiger partial charge is 0.497 e. The van der Waals surface area contributed by atoms with Gasteiger partial charge in [-0.2, -0.15) is 0 Å². The van der Waals surface area contributed by atoms with Crippen molar-refractivity contribution in [3.63, 3.8) is 0 Å². The Bertz CT molecular complexity index is 1130. The zero-order valence-corrected chi connectivity index (χ0v) is 17.8. The molecule has 3 heterocycles. The number of benzene rings is 1. The summed E-state index contributed by atoms with van der Waals surface area (Å²) in [7, 11) is 3.66. The molecule has 1 aliphatic rings. The molecule has 1 amide bonds. The van der Waals surface area contributed by atoms with Crippen LogP contribution in [0.25, 0.3) is 22.2 Å². The molecule has 0 spiro atoms. The van der Waals surface area contributed by atoms with Gasteiger partial charge in [0, 0.05) is 34.6 Å². The Hall–Kier alpha value is -2.87. The highest BCUT2D eigenvalue weighted by Crippen LogP contribution is 2.38. The van der Waals surface area contributed by atoms with Crippen LogP contribution in [0.15, 0.2) is 23.6 Å². The normalized spacial score (nSPS) is 18.1. The summed E-state index contributed by atoms with van der Waals surface area (Å²) >= 11 is 1.36. The van der Waals surface area contributed by atoms with Gasteiger partial charge in [0.25, 0.3) is 0 Å². The minimum atomic E-state index is -0.815. The van der Waals surface area contributed by atoms with Gasteiger partial charge >= 0.3 is 5.97 Å². The fourth-order valence-corrected chi connectivity index (χ4v) is 4.57. The second-order valence-electron chi connectivity index (χ2n) is 7.76. The molecular formula is C21H23N3O4S. The number of thiazole rings is 1. The van der Waals surface area contributed by atoms with Crippen molar-refractivity contribution in [2.24, 2.45) is 13.0 Å². The van der Waals surface area contributed by atoms with Gasteiger partial charge in [0.15, 0.2) is 5.13 Å². The van der Waals surface area contributed by atoms with Gasteiger partial charge in [-0.05, 0) is 39.0 Å². The molecule has 1 N–H and O–H groups in total. The van der Waals surface area contributed by atoms with E-state index in [1.165, 1.54) is 11.3 Å². The van der Waals surface area contributed by atoms with E-state index in [0.29, 0.717) is 5.13 Å². The van der Waals surface area contributed by atoms with Crippen molar-refractivity contribution in [2.75, 3.05) is 12.4 Å². The first kappa shape index (κ1) is 19.4. The first-order valence-electron chi connectivity index (χ1n) is 9.33. The minimum Gasteiger partial charge on any atom is -0.497 e. The first-order valence-corrected chi connectivity index (χ1v) is 10.2. The van der Waals surface area contributed by atoms with E-state index in [4.69, 9.17) is 9.47 Å². The van der Waals surface area contributed by atoms with E-state index >= 15 is 0 Å². The molecule has 0 saturated carbocycles. The maximum absolute atomic E-state index is 12.7. The second kappa shape index (κ2) is 6.88. The number of anilines is 1. The molecule has 8 heteroatoms. The van der Waals surface area contributed by atoms with Gasteiger partial charge in [-0.3, -0.25) is 9.59 Å². The number of cyclic esters (lactones) is 1. The summed E-state index contributed by atoms with van der Waals surface area (Å²) in [6.07, 6.45) is 0.0826. The van der Waals surface area contributed by atoms with Gasteiger partial charge in [-0.1, -0.05) is 0 Å². The molecule has 29 heavy (non-hydrogen) atoms. The van der Waals surface area contributed by atoms with Crippen molar-refractivity contribution in [3.05, 3.63) is 29.3 Å². The number of nitrogens with zero attached hydrogens (tertiary/aromatic N) is 2. The highest BCUT2D eigenvalue weighted by molar-refractivity contribution is 7.14. The van der Waals surface area contributed by atoms with Gasteiger partial charge in [0.1, 0.15) is 11.4 Å². The van der Waals surface area contributed by atoms with Crippen LogP contribution in [-0.2, 0) is 21.4 Å². The Morgan fingerprint density at radius 2 is 2.17 bits per heavy atom. The number of carbonyl (C=O) groups excluding carboxylic acids is 2. The highest BCUT2D eigenvalue weighted by atomic mass is 32.1. The molecule has 0 unspecified atom stereocenters. The number of ether oxygens (including phenoxy) is 2. The number of carbonyl (C=O) groups is 2. The summed E-state index contributed by atoms with van der Waals surface area (Å²) in [4.78, 5) is 28.9. The number of amides is 1. The molecule has 1 atom stereocenters. The quantitative estimate of drug-likeness (QED) is 0.656. The van der Waals surface area contributed by atoms with Crippen molar-refractivity contribution in [3.8, 4) is 17.0 Å². The van der Waals surface area contributed by atoms with Crippen LogP contribution >= 0.6 is 11.3 Å². The van der Waals surface area contributed by atoms with Crippen molar-refractivity contribution in [1.82, 2.24) is 9.55 Å². The summed E-state index contributed by atoms with van der Waals surface area (Å²) < 4.78 is 12.8. The molecule has 3 aromatic rings. The molecular weight excluding hydrogens is 390 g/mol. The molecule has 152 valence electrons. The third kappa shape index (κ3) is 3.27. The van der Waals surface area contributed by atoms with Crippen LogP contribution in [0.3, 0.4) is 0 Å². The smallest absolute Gasteiger partial charge is 0.307 e. The fraction of sp³-hybridized carbons (Fsp3) is 0.381. The van der Waals surface area contributed by atoms with Gasteiger partial charge < -0.3 is 19.4 Å². The number of fused-ring (bicyclic) bond motifs is 1. The summed E-state index contributed by atoms with van der Waals surface area (Å²) in [5, 5.41) is 6.33. The Labute approximate surface area is 172 Å². The SMILES string of the molecule is COc1ccc2c(c1)c(-c1csc(NC(=O)[C@@H]3CC(=O)OC3(C)C)n1)c(C)n2C. The van der Waals surface area contributed by atoms with Crippen LogP contribution in [-0.4, -0.2) is 34.1 Å². The Kier molecular flexibility index (Phi) is 4.61. The van der Waals surface area contributed by atoms with E-state index in [1.54, 1.807) is 21.0 Å². The molecule has 0 aliphatic carbocycles. The van der Waals surface area contributed by atoms with E-state index in [9.17, 15) is 9.59 Å². The van der Waals surface area contributed by atoms with E-state index in [-0.39, 0.29) is 18.3 Å². The zero-order valence-electron chi connectivity index (χ0n) is 17.0. The van der Waals surface area contributed by atoms with Gasteiger partial charge in [0.05, 0.1) is 25.1 Å². The Morgan fingerprint density at radius 1 is 1.41 bits per heavy atom. The molecule has 7 nitrogen and oxygen atoms in total. The lowest BCUT2D eigenvalue weighted by Crippen LogP contribution is -2.36. The lowest BCUT2D eigenvalue weighted by molar-refractivity contribution is -0.147. The predicted molar refractivity (Wildman–Crippen MR) is 112 cm³/mol. The van der Waals surface area contributed by atoms with Crippen LogP contribution in [0.4, 0.5) is 5.13 Å². The first-order chi connectivity index (χ1) is 13.7. The number of aryl methyl sites for hydroxylation is 1.